The second-order valence-corrected chi connectivity index (χ2v) is 17.4. The molecule has 6 aliphatic rings. The summed E-state index contributed by atoms with van der Waals surface area (Å²) in [5.41, 5.74) is -2.03. The van der Waals surface area contributed by atoms with Gasteiger partial charge in [-0.2, -0.15) is 0 Å². The van der Waals surface area contributed by atoms with Gasteiger partial charge in [-0.15, -0.1) is 0 Å². The summed E-state index contributed by atoms with van der Waals surface area (Å²) in [6.45, 7) is 19.6. The first-order valence-corrected chi connectivity index (χ1v) is 18.8. The minimum absolute atomic E-state index is 0.0498. The van der Waals surface area contributed by atoms with Crippen LogP contribution in [-0.2, 0) is 23.8 Å². The lowest BCUT2D eigenvalue weighted by molar-refractivity contribution is -0.591. The number of fused-ring (bicyclic) bond motifs is 4. The highest BCUT2D eigenvalue weighted by Gasteiger charge is 2.64. The maximum Gasteiger partial charge on any atom is 0.346 e. The molecule has 4 aliphatic carbocycles. The first-order valence-electron chi connectivity index (χ1n) is 18.8. The molecule has 2 heterocycles. The summed E-state index contributed by atoms with van der Waals surface area (Å²) in [5, 5.41) is 36.4. The number of ether oxygens (including phenoxy) is 3. The Morgan fingerprint density at radius 1 is 1.00 bits per heavy atom. The predicted molar refractivity (Wildman–Crippen MR) is 192 cm³/mol. The van der Waals surface area contributed by atoms with Crippen molar-refractivity contribution in [2.75, 3.05) is 0 Å². The largest absolute Gasteiger partial charge is 0.511 e. The molecule has 2 bridgehead atoms. The normalized spacial score (nSPS) is 50.8. The van der Waals surface area contributed by atoms with Gasteiger partial charge in [0.25, 0.3) is 0 Å². The van der Waals surface area contributed by atoms with Gasteiger partial charge in [0.15, 0.2) is 11.9 Å². The van der Waals surface area contributed by atoms with E-state index in [1.165, 1.54) is 0 Å². The molecule has 10 nitrogen and oxygen atoms in total. The van der Waals surface area contributed by atoms with Gasteiger partial charge in [-0.1, -0.05) is 76.1 Å². The molecular weight excluding hydrogens is 650 g/mol. The summed E-state index contributed by atoms with van der Waals surface area (Å²) in [4.78, 5) is 41.0. The SMILES string of the molecule is CC1=CC(O)C2/C=C(\C)C(OC3CC(C)([N+](=O)[O-])C(C)C(C)O3)C/C=C(\C)C3C=CC4C(C)C(C)CC(C)C4C3(C)/C(O)=C3\C(=O)OC2(C1)C3=O. The molecule has 0 radical (unpaired) electrons. The van der Waals surface area contributed by atoms with Crippen LogP contribution in [0.15, 0.2) is 58.4 Å². The number of nitro groups is 1. The van der Waals surface area contributed by atoms with E-state index >= 15 is 0 Å². The summed E-state index contributed by atoms with van der Waals surface area (Å²) in [5.74, 6) is -2.35. The van der Waals surface area contributed by atoms with Gasteiger partial charge in [0.1, 0.15) is 11.3 Å². The van der Waals surface area contributed by atoms with Crippen molar-refractivity contribution < 1.29 is 38.9 Å². The smallest absolute Gasteiger partial charge is 0.346 e. The molecule has 15 atom stereocenters. The number of ketones is 1. The van der Waals surface area contributed by atoms with Gasteiger partial charge in [-0.05, 0) is 75.7 Å². The van der Waals surface area contributed by atoms with E-state index in [1.807, 2.05) is 34.6 Å². The average molecular weight is 708 g/mol. The number of esters is 1. The fourth-order valence-corrected chi connectivity index (χ4v) is 10.9. The van der Waals surface area contributed by atoms with Crippen molar-refractivity contribution >= 4 is 11.8 Å². The monoisotopic (exact) mass is 707 g/mol. The number of aliphatic hydroxyl groups is 2. The first kappa shape index (κ1) is 37.7. The summed E-state index contributed by atoms with van der Waals surface area (Å²) in [7, 11) is 0. The average Bonchev–Trinajstić information content (AvgIpc) is 3.29. The van der Waals surface area contributed by atoms with E-state index in [1.54, 1.807) is 26.0 Å². The molecule has 0 aromatic carbocycles. The van der Waals surface area contributed by atoms with Crippen molar-refractivity contribution in [3.05, 3.63) is 68.5 Å². The summed E-state index contributed by atoms with van der Waals surface area (Å²) in [6, 6.07) is 0. The summed E-state index contributed by atoms with van der Waals surface area (Å²) < 4.78 is 19.0. The van der Waals surface area contributed by atoms with Crippen LogP contribution in [-0.4, -0.2) is 62.6 Å². The molecule has 1 spiro atoms. The Kier molecular flexibility index (Phi) is 9.67. The third kappa shape index (κ3) is 5.79. The lowest BCUT2D eigenvalue weighted by Crippen LogP contribution is -2.55. The van der Waals surface area contributed by atoms with Crippen LogP contribution in [0, 0.1) is 62.9 Å². The van der Waals surface area contributed by atoms with Gasteiger partial charge >= 0.3 is 5.97 Å². The highest BCUT2D eigenvalue weighted by molar-refractivity contribution is 6.26. The number of Topliss-reactive ketones (excluding diaryl/α,β-unsaturated/α-hetero) is 1. The van der Waals surface area contributed by atoms with Crippen LogP contribution < -0.4 is 0 Å². The van der Waals surface area contributed by atoms with Crippen LogP contribution in [0.4, 0.5) is 0 Å². The molecule has 280 valence electrons. The fraction of sp³-hybridized carbons (Fsp3) is 0.707. The topological polar surface area (TPSA) is 145 Å². The van der Waals surface area contributed by atoms with Gasteiger partial charge in [-0.3, -0.25) is 14.9 Å². The Hall–Kier alpha value is -3.08. The Labute approximate surface area is 302 Å². The van der Waals surface area contributed by atoms with Gasteiger partial charge in [0.05, 0.1) is 36.6 Å². The molecular formula is C41H57NO9. The molecule has 3 fully saturated rings. The number of carbonyl (C=O) groups excluding carboxylic acids is 2. The quantitative estimate of drug-likeness (QED) is 0.102. The lowest BCUT2D eigenvalue weighted by atomic mass is 9.48. The standard InChI is InChI=1S/C41H57NO9/c1-20-15-31(43)30-17-23(4)32(50-33-19-39(9,42(47)48)26(7)27(8)49-33)14-11-21(2)29-13-12-28-25(6)22(3)16-24(5)35(28)40(29,10)36(44)34-37(45)41(30,18-20)51-38(34)46/h11-13,15,17,22,24-33,35,43-44H,14,16,18-19H2,1-10H3/b21-11+,23-17+,36-34+. The number of rotatable bonds is 3. The zero-order valence-electron chi connectivity index (χ0n) is 31.8. The molecule has 15 unspecified atom stereocenters. The van der Waals surface area contributed by atoms with Crippen LogP contribution in [0.5, 0.6) is 0 Å². The molecule has 0 amide bonds. The Morgan fingerprint density at radius 2 is 1.69 bits per heavy atom. The van der Waals surface area contributed by atoms with Crippen molar-refractivity contribution in [2.45, 2.75) is 131 Å². The second-order valence-electron chi connectivity index (χ2n) is 17.4. The van der Waals surface area contributed by atoms with Crippen molar-refractivity contribution in [1.29, 1.82) is 0 Å². The van der Waals surface area contributed by atoms with Crippen LogP contribution in [0.1, 0.15) is 94.9 Å². The zero-order valence-corrected chi connectivity index (χ0v) is 31.8. The van der Waals surface area contributed by atoms with Gasteiger partial charge < -0.3 is 24.4 Å². The van der Waals surface area contributed by atoms with E-state index in [-0.39, 0.29) is 58.7 Å². The van der Waals surface area contributed by atoms with Crippen molar-refractivity contribution in [3.8, 4) is 0 Å². The summed E-state index contributed by atoms with van der Waals surface area (Å²) in [6.07, 6.45) is 8.25. The maximum atomic E-state index is 14.9. The maximum absolute atomic E-state index is 14.9. The second kappa shape index (κ2) is 13.1. The minimum Gasteiger partial charge on any atom is -0.511 e. The number of carbonyl (C=O) groups is 2. The highest BCUT2D eigenvalue weighted by atomic mass is 16.7. The Balaban J connectivity index is 1.53. The molecule has 2 N–H and O–H groups in total. The van der Waals surface area contributed by atoms with Crippen molar-refractivity contribution in [3.63, 3.8) is 0 Å². The van der Waals surface area contributed by atoms with E-state index in [9.17, 15) is 29.9 Å². The van der Waals surface area contributed by atoms with E-state index in [0.717, 1.165) is 12.0 Å². The Morgan fingerprint density at radius 3 is 2.35 bits per heavy atom. The predicted octanol–water partition coefficient (Wildman–Crippen LogP) is 7.21. The van der Waals surface area contributed by atoms with Crippen LogP contribution in [0.3, 0.4) is 0 Å². The number of allylic oxidation sites excluding steroid dienone is 4. The molecule has 2 aliphatic heterocycles. The van der Waals surface area contributed by atoms with Crippen LogP contribution in [0.2, 0.25) is 0 Å². The van der Waals surface area contributed by atoms with Crippen molar-refractivity contribution in [1.82, 2.24) is 0 Å². The molecule has 0 aromatic heterocycles. The zero-order chi connectivity index (χ0) is 37.5. The number of nitrogens with zero attached hydrogens (tertiary/aromatic N) is 1. The molecule has 6 rings (SSSR count). The lowest BCUT2D eigenvalue weighted by Gasteiger charge is -2.56. The number of aliphatic hydroxyl groups excluding tert-OH is 2. The third-order valence-corrected chi connectivity index (χ3v) is 14.3. The minimum atomic E-state index is -1.76. The van der Waals surface area contributed by atoms with Crippen LogP contribution in [0.25, 0.3) is 0 Å². The molecule has 1 saturated carbocycles. The Bertz CT molecular complexity index is 1640. The molecule has 0 aromatic rings. The van der Waals surface area contributed by atoms with Gasteiger partial charge in [0, 0.05) is 29.6 Å². The van der Waals surface area contributed by atoms with E-state index in [0.29, 0.717) is 29.4 Å². The van der Waals surface area contributed by atoms with Gasteiger partial charge in [-0.25, -0.2) is 4.79 Å². The molecule has 2 saturated heterocycles. The van der Waals surface area contributed by atoms with Gasteiger partial charge in [0.2, 0.25) is 11.3 Å². The van der Waals surface area contributed by atoms with E-state index in [4.69, 9.17) is 14.2 Å². The van der Waals surface area contributed by atoms with Crippen LogP contribution >= 0.6 is 0 Å². The van der Waals surface area contributed by atoms with E-state index < -0.39 is 58.8 Å². The van der Waals surface area contributed by atoms with E-state index in [2.05, 4.69) is 39.0 Å². The molecule has 10 heteroatoms. The number of hydrogen-bond donors (Lipinski definition) is 2. The highest BCUT2D eigenvalue weighted by Crippen LogP contribution is 2.61. The molecule has 51 heavy (non-hydrogen) atoms. The summed E-state index contributed by atoms with van der Waals surface area (Å²) >= 11 is 0. The number of hydrogen-bond acceptors (Lipinski definition) is 9. The fourth-order valence-electron chi connectivity index (χ4n) is 10.9. The third-order valence-electron chi connectivity index (χ3n) is 14.3. The van der Waals surface area contributed by atoms with Crippen molar-refractivity contribution in [2.24, 2.45) is 52.8 Å². The first-order chi connectivity index (χ1) is 23.8.